The van der Waals surface area contributed by atoms with Gasteiger partial charge in [-0.3, -0.25) is 4.72 Å². The van der Waals surface area contributed by atoms with Crippen LogP contribution in [0.15, 0.2) is 59.5 Å². The van der Waals surface area contributed by atoms with Crippen LogP contribution in [0.5, 0.6) is 5.75 Å². The monoisotopic (exact) mass is 484 g/mol. The molecule has 1 aromatic heterocycles. The Labute approximate surface area is 197 Å². The summed E-state index contributed by atoms with van der Waals surface area (Å²) in [6.07, 6.45) is 0. The largest absolute Gasteiger partial charge is 0.488 e. The van der Waals surface area contributed by atoms with E-state index >= 15 is 0 Å². The highest BCUT2D eigenvalue weighted by molar-refractivity contribution is 7.92. The van der Waals surface area contributed by atoms with Crippen molar-refractivity contribution in [3.05, 3.63) is 60.3 Å². The summed E-state index contributed by atoms with van der Waals surface area (Å²) in [5.74, 6) is -0.525. The zero-order valence-electron chi connectivity index (χ0n) is 18.5. The number of hydrogen-bond donors (Lipinski definition) is 2. The lowest BCUT2D eigenvalue weighted by molar-refractivity contribution is 0.0685. The number of anilines is 2. The van der Waals surface area contributed by atoms with Crippen LogP contribution in [-0.2, 0) is 14.8 Å². The number of nitrogens with zero attached hydrogens (tertiary/aromatic N) is 3. The Hall–Kier alpha value is -3.70. The number of rotatable bonds is 8. The van der Waals surface area contributed by atoms with Gasteiger partial charge in [-0.2, -0.15) is 0 Å². The number of carbonyl (C=O) groups is 1. The van der Waals surface area contributed by atoms with Crippen molar-refractivity contribution in [2.45, 2.75) is 11.8 Å². The maximum atomic E-state index is 12.6. The lowest BCUT2D eigenvalue weighted by Gasteiger charge is -2.29. The smallest absolute Gasteiger partial charge is 0.358 e. The molecule has 0 amide bonds. The molecule has 4 rings (SSSR count). The van der Waals surface area contributed by atoms with Crippen molar-refractivity contribution in [2.75, 3.05) is 42.5 Å². The van der Waals surface area contributed by atoms with Gasteiger partial charge >= 0.3 is 5.97 Å². The van der Waals surface area contributed by atoms with Gasteiger partial charge in [-0.15, -0.1) is 0 Å². The van der Waals surface area contributed by atoms with Gasteiger partial charge in [0.05, 0.1) is 24.7 Å². The predicted octanol–water partition coefficient (Wildman–Crippen LogP) is 2.88. The summed E-state index contributed by atoms with van der Waals surface area (Å²) in [7, 11) is -3.74. The molecule has 2 N–H and O–H groups in total. The molecular formula is C23H24N4O6S. The first-order chi connectivity index (χ1) is 16.4. The molecule has 0 bridgehead atoms. The third-order valence-electron chi connectivity index (χ3n) is 5.10. The van der Waals surface area contributed by atoms with Crippen LogP contribution in [0.2, 0.25) is 0 Å². The number of ether oxygens (including phenoxy) is 2. The SMILES string of the molecule is CCOc1c(C(=O)O)nc(-c2ccc(NS(=O)(=O)c3ccccc3)cc2)nc1N1CCOCC1. The van der Waals surface area contributed by atoms with Gasteiger partial charge in [-0.25, -0.2) is 23.2 Å². The molecule has 1 aliphatic rings. The molecule has 1 aliphatic heterocycles. The van der Waals surface area contributed by atoms with Crippen molar-refractivity contribution >= 4 is 27.5 Å². The van der Waals surface area contributed by atoms with E-state index in [1.807, 2.05) is 4.90 Å². The molecule has 11 heteroatoms. The lowest BCUT2D eigenvalue weighted by Crippen LogP contribution is -2.37. The molecule has 2 aromatic carbocycles. The summed E-state index contributed by atoms with van der Waals surface area (Å²) < 4.78 is 38.7. The number of carboxylic acid groups (broad SMARTS) is 1. The Bertz CT molecular complexity index is 1260. The van der Waals surface area contributed by atoms with Gasteiger partial charge < -0.3 is 19.5 Å². The van der Waals surface area contributed by atoms with Crippen LogP contribution in [0.3, 0.4) is 0 Å². The second kappa shape index (κ2) is 10.1. The summed E-state index contributed by atoms with van der Waals surface area (Å²) in [4.78, 5) is 22.9. The number of hydrogen-bond acceptors (Lipinski definition) is 8. The normalized spacial score (nSPS) is 14.0. The van der Waals surface area contributed by atoms with E-state index in [0.717, 1.165) is 0 Å². The van der Waals surface area contributed by atoms with Crippen molar-refractivity contribution in [2.24, 2.45) is 0 Å². The van der Waals surface area contributed by atoms with E-state index in [0.29, 0.717) is 43.4 Å². The molecule has 3 aromatic rings. The zero-order chi connectivity index (χ0) is 24.1. The van der Waals surface area contributed by atoms with Crippen LogP contribution in [0.25, 0.3) is 11.4 Å². The fraction of sp³-hybridized carbons (Fsp3) is 0.261. The number of carboxylic acids is 1. The number of sulfonamides is 1. The fourth-order valence-electron chi connectivity index (χ4n) is 3.48. The fourth-order valence-corrected chi connectivity index (χ4v) is 4.56. The number of benzene rings is 2. The average Bonchev–Trinajstić information content (AvgIpc) is 2.85. The second-order valence-corrected chi connectivity index (χ2v) is 9.06. The van der Waals surface area contributed by atoms with Gasteiger partial charge in [-0.1, -0.05) is 18.2 Å². The highest BCUT2D eigenvalue weighted by Gasteiger charge is 2.26. The highest BCUT2D eigenvalue weighted by atomic mass is 32.2. The van der Waals surface area contributed by atoms with E-state index < -0.39 is 16.0 Å². The maximum absolute atomic E-state index is 12.6. The highest BCUT2D eigenvalue weighted by Crippen LogP contribution is 2.33. The van der Waals surface area contributed by atoms with Gasteiger partial charge in [0, 0.05) is 24.3 Å². The Morgan fingerprint density at radius 2 is 1.76 bits per heavy atom. The van der Waals surface area contributed by atoms with Crippen molar-refractivity contribution in [1.29, 1.82) is 0 Å². The van der Waals surface area contributed by atoms with E-state index in [1.165, 1.54) is 12.1 Å². The van der Waals surface area contributed by atoms with Gasteiger partial charge in [-0.05, 0) is 43.3 Å². The molecule has 0 radical (unpaired) electrons. The number of aromatic carboxylic acids is 1. The van der Waals surface area contributed by atoms with E-state index in [1.54, 1.807) is 49.4 Å². The molecule has 1 fully saturated rings. The number of morpholine rings is 1. The Kier molecular flexibility index (Phi) is 6.94. The molecule has 0 atom stereocenters. The molecule has 1 saturated heterocycles. The lowest BCUT2D eigenvalue weighted by atomic mass is 10.2. The first-order valence-corrected chi connectivity index (χ1v) is 12.2. The molecule has 10 nitrogen and oxygen atoms in total. The maximum Gasteiger partial charge on any atom is 0.358 e. The second-order valence-electron chi connectivity index (χ2n) is 7.38. The number of aromatic nitrogens is 2. The molecule has 178 valence electrons. The average molecular weight is 485 g/mol. The molecule has 0 unspecified atom stereocenters. The van der Waals surface area contributed by atoms with Crippen molar-refractivity contribution in [3.8, 4) is 17.1 Å². The molecule has 0 saturated carbocycles. The molecule has 0 aliphatic carbocycles. The molecular weight excluding hydrogens is 460 g/mol. The van der Waals surface area contributed by atoms with E-state index in [4.69, 9.17) is 9.47 Å². The van der Waals surface area contributed by atoms with Gasteiger partial charge in [0.2, 0.25) is 0 Å². The summed E-state index contributed by atoms with van der Waals surface area (Å²) in [5.41, 5.74) is 0.648. The summed E-state index contributed by atoms with van der Waals surface area (Å²) in [6.45, 7) is 4.08. The Morgan fingerprint density at radius 3 is 2.38 bits per heavy atom. The minimum Gasteiger partial charge on any atom is -0.488 e. The van der Waals surface area contributed by atoms with E-state index in [-0.39, 0.29) is 28.8 Å². The third kappa shape index (κ3) is 5.10. The minimum absolute atomic E-state index is 0.118. The van der Waals surface area contributed by atoms with Crippen molar-refractivity contribution in [3.63, 3.8) is 0 Å². The first-order valence-electron chi connectivity index (χ1n) is 10.7. The predicted molar refractivity (Wildman–Crippen MR) is 126 cm³/mol. The van der Waals surface area contributed by atoms with Crippen LogP contribution in [0.1, 0.15) is 17.4 Å². The summed E-state index contributed by atoms with van der Waals surface area (Å²) in [5, 5.41) is 9.78. The molecule has 2 heterocycles. The van der Waals surface area contributed by atoms with Crippen molar-refractivity contribution < 1.29 is 27.8 Å². The summed E-state index contributed by atoms with van der Waals surface area (Å²) >= 11 is 0. The van der Waals surface area contributed by atoms with Crippen molar-refractivity contribution in [1.82, 2.24) is 9.97 Å². The van der Waals surface area contributed by atoms with Gasteiger partial charge in [0.15, 0.2) is 23.1 Å². The van der Waals surface area contributed by atoms with Gasteiger partial charge in [0.1, 0.15) is 0 Å². The van der Waals surface area contributed by atoms with E-state index in [9.17, 15) is 18.3 Å². The molecule has 34 heavy (non-hydrogen) atoms. The number of nitrogens with one attached hydrogen (secondary N) is 1. The van der Waals surface area contributed by atoms with Crippen LogP contribution >= 0.6 is 0 Å². The molecule has 0 spiro atoms. The van der Waals surface area contributed by atoms with Gasteiger partial charge in [0.25, 0.3) is 10.0 Å². The zero-order valence-corrected chi connectivity index (χ0v) is 19.3. The first kappa shape index (κ1) is 23.5. The van der Waals surface area contributed by atoms with Crippen LogP contribution in [-0.4, -0.2) is 62.4 Å². The summed E-state index contributed by atoms with van der Waals surface area (Å²) in [6, 6.07) is 14.5. The van der Waals surface area contributed by atoms with Crippen LogP contribution in [0.4, 0.5) is 11.5 Å². The third-order valence-corrected chi connectivity index (χ3v) is 6.50. The Morgan fingerprint density at radius 1 is 1.09 bits per heavy atom. The quantitative estimate of drug-likeness (QED) is 0.495. The standard InChI is InChI=1S/C23H24N4O6S/c1-2-33-20-19(23(28)29)24-21(25-22(20)27-12-14-32-15-13-27)16-8-10-17(11-9-16)26-34(30,31)18-6-4-3-5-7-18/h3-11,26H,2,12-15H2,1H3,(H,28,29). The van der Waals surface area contributed by atoms with Crippen LogP contribution < -0.4 is 14.4 Å². The van der Waals surface area contributed by atoms with E-state index in [2.05, 4.69) is 14.7 Å². The van der Waals surface area contributed by atoms with Crippen LogP contribution in [0, 0.1) is 0 Å². The topological polar surface area (TPSA) is 131 Å². The minimum atomic E-state index is -3.74. The Balaban J connectivity index is 1.68.